The Kier molecular flexibility index (Phi) is 4.65. The molecular weight excluding hydrogens is 332 g/mol. The fraction of sp³-hybridized carbons (Fsp3) is 0.500. The van der Waals surface area contributed by atoms with Gasteiger partial charge in [-0.05, 0) is 42.7 Å². The molecule has 0 heterocycles. The molecule has 2 unspecified atom stereocenters. The fourth-order valence-electron chi connectivity index (χ4n) is 3.32. The van der Waals surface area contributed by atoms with Crippen LogP contribution in [0.15, 0.2) is 24.3 Å². The number of hydrogen-bond donors (Lipinski definition) is 0. The van der Waals surface area contributed by atoms with Crippen LogP contribution in [-0.2, 0) is 19.1 Å². The number of carbonyl (C=O) groups is 3. The minimum absolute atomic E-state index is 0.0828. The van der Waals surface area contributed by atoms with Crippen molar-refractivity contribution in [3.63, 3.8) is 0 Å². The molecule has 2 aliphatic carbocycles. The molecule has 3 rings (SSSR count). The minimum atomic E-state index is -1.06. The Balaban J connectivity index is 2.01. The molecule has 3 nitrogen and oxygen atoms in total. The lowest BCUT2D eigenvalue weighted by atomic mass is 9.73. The Morgan fingerprint density at radius 2 is 1.91 bits per heavy atom. The Morgan fingerprint density at radius 1 is 1.26 bits per heavy atom. The van der Waals surface area contributed by atoms with Crippen LogP contribution in [0.1, 0.15) is 38.2 Å². The molecule has 0 bridgehead atoms. The van der Waals surface area contributed by atoms with Gasteiger partial charge in [-0.2, -0.15) is 0 Å². The van der Waals surface area contributed by atoms with Crippen LogP contribution in [0.3, 0.4) is 0 Å². The van der Waals surface area contributed by atoms with E-state index in [2.05, 4.69) is 0 Å². The highest BCUT2D eigenvalue weighted by Crippen LogP contribution is 2.48. The summed E-state index contributed by atoms with van der Waals surface area (Å²) in [7, 11) is 0. The molecule has 1 aromatic carbocycles. The molecule has 5 heteroatoms. The van der Waals surface area contributed by atoms with Gasteiger partial charge in [0.1, 0.15) is 10.7 Å². The number of Topliss-reactive ketones (excluding diaryl/α,β-unsaturated/α-hetero) is 3. The van der Waals surface area contributed by atoms with E-state index in [-0.39, 0.29) is 29.7 Å². The smallest absolute Gasteiger partial charge is 0.171 e. The number of halogens is 1. The zero-order valence-corrected chi connectivity index (χ0v) is 14.6. The summed E-state index contributed by atoms with van der Waals surface area (Å²) in [4.78, 5) is 38.0. The van der Waals surface area contributed by atoms with Gasteiger partial charge in [0, 0.05) is 17.4 Å². The molecule has 2 saturated carbocycles. The lowest BCUT2D eigenvalue weighted by Gasteiger charge is -2.38. The van der Waals surface area contributed by atoms with Crippen LogP contribution in [0.5, 0.6) is 0 Å². The lowest BCUT2D eigenvalue weighted by molar-refractivity contribution is -0.144. The standard InChI is InChI=1S/C18H19ClO3S/c1-2-23-18(12-5-7-13(19)8-6-12)10-9-14(20)15(17(18)22)16(21)11-3-4-11/h5-8,11,15H,2-4,9-10H2,1H3. The van der Waals surface area contributed by atoms with Crippen LogP contribution in [-0.4, -0.2) is 23.1 Å². The van der Waals surface area contributed by atoms with E-state index in [0.29, 0.717) is 11.4 Å². The summed E-state index contributed by atoms with van der Waals surface area (Å²) in [5.41, 5.74) is 0.847. The average molecular weight is 351 g/mol. The maximum atomic E-state index is 13.2. The summed E-state index contributed by atoms with van der Waals surface area (Å²) in [6.07, 6.45) is 2.36. The van der Waals surface area contributed by atoms with Crippen molar-refractivity contribution in [2.45, 2.75) is 37.4 Å². The average Bonchev–Trinajstić information content (AvgIpc) is 3.36. The van der Waals surface area contributed by atoms with Gasteiger partial charge in [-0.1, -0.05) is 30.7 Å². The van der Waals surface area contributed by atoms with Gasteiger partial charge in [-0.3, -0.25) is 14.4 Å². The Bertz CT molecular complexity index is 651. The third-order valence-corrected chi connectivity index (χ3v) is 6.35. The van der Waals surface area contributed by atoms with Crippen molar-refractivity contribution in [2.24, 2.45) is 11.8 Å². The molecule has 1 aromatic rings. The van der Waals surface area contributed by atoms with Gasteiger partial charge in [0.15, 0.2) is 17.3 Å². The molecule has 2 atom stereocenters. The van der Waals surface area contributed by atoms with Gasteiger partial charge in [0.25, 0.3) is 0 Å². The highest BCUT2D eigenvalue weighted by molar-refractivity contribution is 8.00. The normalized spacial score (nSPS) is 28.0. The lowest BCUT2D eigenvalue weighted by Crippen LogP contribution is -2.49. The second-order valence-electron chi connectivity index (χ2n) is 6.21. The van der Waals surface area contributed by atoms with Crippen molar-refractivity contribution in [3.05, 3.63) is 34.9 Å². The van der Waals surface area contributed by atoms with Gasteiger partial charge in [-0.15, -0.1) is 11.8 Å². The van der Waals surface area contributed by atoms with Crippen molar-refractivity contribution < 1.29 is 14.4 Å². The molecule has 122 valence electrons. The highest BCUT2D eigenvalue weighted by Gasteiger charge is 2.54. The van der Waals surface area contributed by atoms with Crippen LogP contribution in [0.25, 0.3) is 0 Å². The first-order chi connectivity index (χ1) is 11.0. The van der Waals surface area contributed by atoms with E-state index in [1.165, 1.54) is 11.8 Å². The zero-order chi connectivity index (χ0) is 16.6. The first-order valence-corrected chi connectivity index (χ1v) is 9.36. The SMILES string of the molecule is CCSC1(c2ccc(Cl)cc2)CCC(=O)C(C(=O)C2CC2)C1=O. The van der Waals surface area contributed by atoms with Gasteiger partial charge >= 0.3 is 0 Å². The van der Waals surface area contributed by atoms with E-state index in [4.69, 9.17) is 11.6 Å². The zero-order valence-electron chi connectivity index (χ0n) is 13.0. The first kappa shape index (κ1) is 16.7. The van der Waals surface area contributed by atoms with Crippen molar-refractivity contribution in [2.75, 3.05) is 5.75 Å². The molecule has 0 amide bonds. The number of benzene rings is 1. The highest BCUT2D eigenvalue weighted by atomic mass is 35.5. The number of carbonyl (C=O) groups excluding carboxylic acids is 3. The second kappa shape index (κ2) is 6.40. The fourth-order valence-corrected chi connectivity index (χ4v) is 4.74. The van der Waals surface area contributed by atoms with Crippen LogP contribution in [0, 0.1) is 11.8 Å². The summed E-state index contributed by atoms with van der Waals surface area (Å²) in [5.74, 6) is -0.985. The molecule has 0 radical (unpaired) electrons. The molecule has 0 aliphatic heterocycles. The number of hydrogen-bond acceptors (Lipinski definition) is 4. The monoisotopic (exact) mass is 350 g/mol. The topological polar surface area (TPSA) is 51.2 Å². The molecule has 0 saturated heterocycles. The Labute approximate surface area is 145 Å². The third-order valence-electron chi connectivity index (χ3n) is 4.67. The van der Waals surface area contributed by atoms with E-state index in [9.17, 15) is 14.4 Å². The van der Waals surface area contributed by atoms with Crippen LogP contribution < -0.4 is 0 Å². The molecule has 2 aliphatic rings. The summed E-state index contributed by atoms with van der Waals surface area (Å²) >= 11 is 7.49. The maximum Gasteiger partial charge on any atom is 0.171 e. The third kappa shape index (κ3) is 2.99. The first-order valence-electron chi connectivity index (χ1n) is 8.00. The van der Waals surface area contributed by atoms with E-state index in [1.807, 2.05) is 19.1 Å². The number of ketones is 3. The summed E-state index contributed by atoms with van der Waals surface area (Å²) in [5, 5.41) is 0.607. The van der Waals surface area contributed by atoms with E-state index in [0.717, 1.165) is 24.2 Å². The van der Waals surface area contributed by atoms with Crippen molar-refractivity contribution in [1.82, 2.24) is 0 Å². The van der Waals surface area contributed by atoms with Gasteiger partial charge < -0.3 is 0 Å². The summed E-state index contributed by atoms with van der Waals surface area (Å²) in [6, 6.07) is 7.21. The maximum absolute atomic E-state index is 13.2. The summed E-state index contributed by atoms with van der Waals surface area (Å²) < 4.78 is -0.803. The molecule has 2 fully saturated rings. The summed E-state index contributed by atoms with van der Waals surface area (Å²) in [6.45, 7) is 1.99. The minimum Gasteiger partial charge on any atom is -0.298 e. The predicted molar refractivity (Wildman–Crippen MR) is 91.7 cm³/mol. The van der Waals surface area contributed by atoms with Crippen molar-refractivity contribution >= 4 is 40.7 Å². The molecule has 0 aromatic heterocycles. The Hall–Kier alpha value is -1.13. The molecular formula is C18H19ClO3S. The number of thioether (sulfide) groups is 1. The van der Waals surface area contributed by atoms with Crippen LogP contribution >= 0.6 is 23.4 Å². The van der Waals surface area contributed by atoms with E-state index < -0.39 is 10.7 Å². The van der Waals surface area contributed by atoms with Gasteiger partial charge in [0.05, 0.1) is 0 Å². The Morgan fingerprint density at radius 3 is 2.48 bits per heavy atom. The second-order valence-corrected chi connectivity index (χ2v) is 8.21. The molecule has 0 N–H and O–H groups in total. The number of rotatable bonds is 5. The van der Waals surface area contributed by atoms with Gasteiger partial charge in [-0.25, -0.2) is 0 Å². The van der Waals surface area contributed by atoms with Crippen molar-refractivity contribution in [1.29, 1.82) is 0 Å². The van der Waals surface area contributed by atoms with Crippen molar-refractivity contribution in [3.8, 4) is 0 Å². The van der Waals surface area contributed by atoms with Crippen LogP contribution in [0.2, 0.25) is 5.02 Å². The largest absolute Gasteiger partial charge is 0.298 e. The molecule has 0 spiro atoms. The predicted octanol–water partition coefficient (Wildman–Crippen LogP) is 3.82. The van der Waals surface area contributed by atoms with Crippen LogP contribution in [0.4, 0.5) is 0 Å². The van der Waals surface area contributed by atoms with Gasteiger partial charge in [0.2, 0.25) is 0 Å². The quantitative estimate of drug-likeness (QED) is 0.757. The molecule has 23 heavy (non-hydrogen) atoms. The van der Waals surface area contributed by atoms with E-state index >= 15 is 0 Å². The van der Waals surface area contributed by atoms with E-state index in [1.54, 1.807) is 12.1 Å².